The molecular weight excluding hydrogens is 230 g/mol. The minimum atomic E-state index is -2.80. The third kappa shape index (κ3) is 2.75. The molecule has 0 unspecified atom stereocenters. The van der Waals surface area contributed by atoms with E-state index in [0.717, 1.165) is 6.07 Å². The van der Waals surface area contributed by atoms with Gasteiger partial charge in [0.25, 0.3) is 6.43 Å². The van der Waals surface area contributed by atoms with Gasteiger partial charge in [-0.25, -0.2) is 18.6 Å². The molecule has 0 aliphatic carbocycles. The number of hydrogen-bond donors (Lipinski definition) is 0. The number of aryl methyl sites for hydroxylation is 1. The first-order valence-corrected chi connectivity index (χ1v) is 4.88. The van der Waals surface area contributed by atoms with E-state index in [1.165, 1.54) is 6.92 Å². The first-order valence-electron chi connectivity index (χ1n) is 4.88. The average molecular weight is 240 g/mol. The second kappa shape index (κ2) is 5.34. The summed E-state index contributed by atoms with van der Waals surface area (Å²) in [4.78, 5) is 14.9. The number of hydrogen-bond acceptors (Lipinski definition) is 4. The summed E-state index contributed by atoms with van der Waals surface area (Å²) in [6.07, 6.45) is -2.80. The Morgan fingerprint density at radius 1 is 1.65 bits per heavy atom. The van der Waals surface area contributed by atoms with Gasteiger partial charge in [0.15, 0.2) is 5.69 Å². The van der Waals surface area contributed by atoms with Crippen molar-refractivity contribution < 1.29 is 18.3 Å². The number of rotatable bonds is 3. The molecule has 1 heterocycles. The largest absolute Gasteiger partial charge is 0.461 e. The highest BCUT2D eigenvalue weighted by Crippen LogP contribution is 2.21. The second-order valence-electron chi connectivity index (χ2n) is 3.22. The summed E-state index contributed by atoms with van der Waals surface area (Å²) in [6.45, 7) is 3.13. The summed E-state index contributed by atoms with van der Waals surface area (Å²) in [5.41, 5.74) is -0.650. The molecule has 17 heavy (non-hydrogen) atoms. The molecule has 0 aromatic carbocycles. The van der Waals surface area contributed by atoms with Crippen molar-refractivity contribution in [1.29, 1.82) is 5.26 Å². The highest BCUT2D eigenvalue weighted by Gasteiger charge is 2.21. The Morgan fingerprint density at radius 2 is 2.29 bits per heavy atom. The maximum atomic E-state index is 12.5. The quantitative estimate of drug-likeness (QED) is 0.761. The van der Waals surface area contributed by atoms with E-state index >= 15 is 0 Å². The number of aromatic nitrogens is 1. The summed E-state index contributed by atoms with van der Waals surface area (Å²) >= 11 is 0. The van der Waals surface area contributed by atoms with E-state index in [1.807, 2.05) is 0 Å². The molecule has 1 rings (SSSR count). The van der Waals surface area contributed by atoms with Gasteiger partial charge in [0, 0.05) is 0 Å². The van der Waals surface area contributed by atoms with Crippen LogP contribution in [0.2, 0.25) is 0 Å². The maximum absolute atomic E-state index is 12.5. The van der Waals surface area contributed by atoms with Crippen molar-refractivity contribution in [3.63, 3.8) is 0 Å². The predicted octanol–water partition coefficient (Wildman–Crippen LogP) is 2.38. The lowest BCUT2D eigenvalue weighted by atomic mass is 10.1. The lowest BCUT2D eigenvalue weighted by molar-refractivity contribution is 0.0517. The zero-order chi connectivity index (χ0) is 13.0. The molecular formula is C11H10F2N2O2. The fourth-order valence-corrected chi connectivity index (χ4v) is 1.30. The minimum Gasteiger partial charge on any atom is -0.461 e. The van der Waals surface area contributed by atoms with Crippen LogP contribution in [0, 0.1) is 18.3 Å². The molecule has 0 aliphatic heterocycles. The Bertz CT molecular complexity index is 481. The van der Waals surface area contributed by atoms with Crippen molar-refractivity contribution >= 4 is 5.97 Å². The number of carbonyl (C=O) groups excluding carboxylic acids is 1. The van der Waals surface area contributed by atoms with Gasteiger partial charge in [-0.1, -0.05) is 0 Å². The molecule has 0 amide bonds. The van der Waals surface area contributed by atoms with Gasteiger partial charge in [-0.3, -0.25) is 0 Å². The van der Waals surface area contributed by atoms with Crippen molar-refractivity contribution in [1.82, 2.24) is 4.98 Å². The van der Waals surface area contributed by atoms with Crippen LogP contribution in [0.25, 0.3) is 0 Å². The Labute approximate surface area is 96.8 Å². The Balaban J connectivity index is 3.35. The number of ether oxygens (including phenoxy) is 1. The normalized spacial score (nSPS) is 10.1. The molecule has 0 spiro atoms. The summed E-state index contributed by atoms with van der Waals surface area (Å²) < 4.78 is 29.7. The van der Waals surface area contributed by atoms with E-state index in [0.29, 0.717) is 0 Å². The molecule has 4 nitrogen and oxygen atoms in total. The summed E-state index contributed by atoms with van der Waals surface area (Å²) in [7, 11) is 0. The molecule has 0 saturated carbocycles. The van der Waals surface area contributed by atoms with Crippen LogP contribution in [0.1, 0.15) is 40.7 Å². The number of nitrogens with zero attached hydrogens (tertiary/aromatic N) is 2. The van der Waals surface area contributed by atoms with Crippen molar-refractivity contribution in [2.24, 2.45) is 0 Å². The van der Waals surface area contributed by atoms with Crippen molar-refractivity contribution in [2.75, 3.05) is 6.61 Å². The smallest absolute Gasteiger partial charge is 0.358 e. The summed E-state index contributed by atoms with van der Waals surface area (Å²) in [5, 5.41) is 8.86. The molecule has 0 bridgehead atoms. The molecule has 0 radical (unpaired) electrons. The third-order valence-electron chi connectivity index (χ3n) is 2.04. The number of esters is 1. The molecule has 1 aromatic heterocycles. The molecule has 90 valence electrons. The number of pyridine rings is 1. The molecule has 0 saturated heterocycles. The van der Waals surface area contributed by atoms with Gasteiger partial charge in [-0.05, 0) is 25.5 Å². The van der Waals surface area contributed by atoms with E-state index in [9.17, 15) is 13.6 Å². The zero-order valence-electron chi connectivity index (χ0n) is 9.33. The van der Waals surface area contributed by atoms with Crippen LogP contribution in [-0.2, 0) is 4.74 Å². The van der Waals surface area contributed by atoms with Gasteiger partial charge in [0.1, 0.15) is 11.8 Å². The van der Waals surface area contributed by atoms with Gasteiger partial charge < -0.3 is 4.74 Å². The van der Waals surface area contributed by atoms with Crippen molar-refractivity contribution in [3.05, 3.63) is 28.6 Å². The Morgan fingerprint density at radius 3 is 2.76 bits per heavy atom. The van der Waals surface area contributed by atoms with Crippen LogP contribution in [0.15, 0.2) is 6.07 Å². The van der Waals surface area contributed by atoms with E-state index in [4.69, 9.17) is 5.26 Å². The van der Waals surface area contributed by atoms with Gasteiger partial charge in [-0.2, -0.15) is 5.26 Å². The van der Waals surface area contributed by atoms with Gasteiger partial charge in [-0.15, -0.1) is 0 Å². The van der Waals surface area contributed by atoms with Crippen LogP contribution < -0.4 is 0 Å². The van der Waals surface area contributed by atoms with Gasteiger partial charge in [0.2, 0.25) is 0 Å². The number of carbonyl (C=O) groups is 1. The van der Waals surface area contributed by atoms with Crippen LogP contribution >= 0.6 is 0 Å². The van der Waals surface area contributed by atoms with E-state index in [-0.39, 0.29) is 23.4 Å². The van der Waals surface area contributed by atoms with Crippen LogP contribution in [-0.4, -0.2) is 17.6 Å². The average Bonchev–Trinajstić information content (AvgIpc) is 2.28. The fourth-order valence-electron chi connectivity index (χ4n) is 1.30. The lowest BCUT2D eigenvalue weighted by Crippen LogP contribution is -2.12. The second-order valence-corrected chi connectivity index (χ2v) is 3.22. The highest BCUT2D eigenvalue weighted by molar-refractivity contribution is 5.90. The molecule has 0 atom stereocenters. The third-order valence-corrected chi connectivity index (χ3v) is 2.04. The number of halogens is 2. The number of alkyl halides is 2. The van der Waals surface area contributed by atoms with Gasteiger partial charge in [0.05, 0.1) is 12.2 Å². The van der Waals surface area contributed by atoms with Gasteiger partial charge >= 0.3 is 5.97 Å². The van der Waals surface area contributed by atoms with E-state index in [1.54, 1.807) is 13.0 Å². The van der Waals surface area contributed by atoms with Crippen LogP contribution in [0.3, 0.4) is 0 Å². The summed E-state index contributed by atoms with van der Waals surface area (Å²) in [6, 6.07) is 2.85. The van der Waals surface area contributed by atoms with Crippen molar-refractivity contribution in [3.8, 4) is 6.07 Å². The Kier molecular flexibility index (Phi) is 4.10. The van der Waals surface area contributed by atoms with Crippen LogP contribution in [0.4, 0.5) is 8.78 Å². The topological polar surface area (TPSA) is 63.0 Å². The molecule has 0 N–H and O–H groups in total. The Hall–Kier alpha value is -2.03. The predicted molar refractivity (Wildman–Crippen MR) is 54.6 cm³/mol. The standard InChI is InChI=1S/C11H10F2N2O2/c1-3-17-11(16)9-7(5-14)6(2)4-8(15-9)10(12)13/h4,10H,3H2,1-2H3. The number of nitriles is 1. The van der Waals surface area contributed by atoms with E-state index < -0.39 is 18.1 Å². The highest BCUT2D eigenvalue weighted by atomic mass is 19.3. The summed E-state index contributed by atoms with van der Waals surface area (Å²) in [5.74, 6) is -0.866. The molecule has 1 aromatic rings. The first kappa shape index (κ1) is 13.0. The van der Waals surface area contributed by atoms with Crippen molar-refractivity contribution in [2.45, 2.75) is 20.3 Å². The monoisotopic (exact) mass is 240 g/mol. The molecule has 0 aliphatic rings. The van der Waals surface area contributed by atoms with E-state index in [2.05, 4.69) is 9.72 Å². The minimum absolute atomic E-state index is 0.0344. The lowest BCUT2D eigenvalue weighted by Gasteiger charge is -2.08. The molecule has 6 heteroatoms. The maximum Gasteiger partial charge on any atom is 0.358 e. The molecule has 0 fully saturated rings. The SMILES string of the molecule is CCOC(=O)c1nc(C(F)F)cc(C)c1C#N. The zero-order valence-corrected chi connectivity index (χ0v) is 9.33. The first-order chi connectivity index (χ1) is 8.01. The fraction of sp³-hybridized carbons (Fsp3) is 0.364. The van der Waals surface area contributed by atoms with Crippen LogP contribution in [0.5, 0.6) is 0 Å².